The number of benzene rings is 1. The molecule has 1 saturated heterocycles. The zero-order valence-corrected chi connectivity index (χ0v) is 20.1. The van der Waals surface area contributed by atoms with Crippen LogP contribution >= 0.6 is 24.0 Å². The molecule has 0 spiro atoms. The van der Waals surface area contributed by atoms with E-state index in [1.807, 2.05) is 24.3 Å². The van der Waals surface area contributed by atoms with Crippen molar-refractivity contribution in [1.82, 2.24) is 10.2 Å². The Bertz CT molecular complexity index is 577. The average molecular weight is 504 g/mol. The number of hydrogen-bond donors (Lipinski definition) is 2. The van der Waals surface area contributed by atoms with E-state index < -0.39 is 0 Å². The number of nitrogens with zero attached hydrogens (tertiary/aromatic N) is 2. The number of anilines is 1. The summed E-state index contributed by atoms with van der Waals surface area (Å²) in [6, 6.07) is 8.46. The van der Waals surface area contributed by atoms with Crippen LogP contribution < -0.4 is 15.4 Å². The lowest BCUT2D eigenvalue weighted by Crippen LogP contribution is -2.46. The van der Waals surface area contributed by atoms with Gasteiger partial charge in [-0.2, -0.15) is 0 Å². The van der Waals surface area contributed by atoms with Gasteiger partial charge in [-0.15, -0.1) is 24.0 Å². The second-order valence-corrected chi connectivity index (χ2v) is 7.37. The maximum Gasteiger partial charge on any atom is 0.195 e. The fourth-order valence-corrected chi connectivity index (χ4v) is 3.22. The molecule has 1 heterocycles. The number of rotatable bonds is 9. The van der Waals surface area contributed by atoms with Gasteiger partial charge < -0.3 is 20.1 Å². The summed E-state index contributed by atoms with van der Waals surface area (Å²) < 4.78 is 10.8. The number of hydrogen-bond acceptors (Lipinski definition) is 4. The molecule has 2 N–H and O–H groups in total. The Morgan fingerprint density at radius 2 is 2.04 bits per heavy atom. The summed E-state index contributed by atoms with van der Waals surface area (Å²) in [6.07, 6.45) is 3.48. The van der Waals surface area contributed by atoms with E-state index in [0.717, 1.165) is 36.3 Å². The van der Waals surface area contributed by atoms with Crippen LogP contribution in [0, 0.1) is 5.92 Å². The van der Waals surface area contributed by atoms with Crippen molar-refractivity contribution in [2.24, 2.45) is 10.9 Å². The van der Waals surface area contributed by atoms with Gasteiger partial charge in [0, 0.05) is 51.5 Å². The van der Waals surface area contributed by atoms with Gasteiger partial charge in [0.2, 0.25) is 0 Å². The number of aliphatic imine (C=N–C) groups is 1. The molecule has 0 saturated carbocycles. The molecule has 1 aromatic carbocycles. The van der Waals surface area contributed by atoms with Crippen LogP contribution in [0.4, 0.5) is 5.69 Å². The van der Waals surface area contributed by atoms with Crippen molar-refractivity contribution < 1.29 is 9.47 Å². The molecule has 1 unspecified atom stereocenters. The van der Waals surface area contributed by atoms with Crippen LogP contribution in [0.2, 0.25) is 0 Å². The highest BCUT2D eigenvalue weighted by molar-refractivity contribution is 14.0. The Hall–Kier alpha value is -1.06. The molecule has 7 heteroatoms. The Balaban J connectivity index is 0.00000392. The minimum Gasteiger partial charge on any atom is -0.493 e. The van der Waals surface area contributed by atoms with Gasteiger partial charge in [0.15, 0.2) is 5.96 Å². The van der Waals surface area contributed by atoms with Crippen LogP contribution in [0.1, 0.15) is 33.1 Å². The smallest absolute Gasteiger partial charge is 0.195 e. The highest BCUT2D eigenvalue weighted by atomic mass is 127. The summed E-state index contributed by atoms with van der Waals surface area (Å²) in [4.78, 5) is 6.91. The predicted molar refractivity (Wildman–Crippen MR) is 128 cm³/mol. The third kappa shape index (κ3) is 8.96. The molecule has 1 fully saturated rings. The lowest BCUT2D eigenvalue weighted by molar-refractivity contribution is 0.148. The minimum atomic E-state index is 0. The van der Waals surface area contributed by atoms with E-state index in [9.17, 15) is 0 Å². The summed E-state index contributed by atoms with van der Waals surface area (Å²) >= 11 is 0. The van der Waals surface area contributed by atoms with Crippen molar-refractivity contribution in [2.45, 2.75) is 39.2 Å². The van der Waals surface area contributed by atoms with Crippen LogP contribution in [0.15, 0.2) is 29.3 Å². The maximum absolute atomic E-state index is 5.76. The maximum atomic E-state index is 5.76. The van der Waals surface area contributed by atoms with Gasteiger partial charge in [-0.3, -0.25) is 9.89 Å². The molecule has 0 aliphatic carbocycles. The molecule has 160 valence electrons. The Morgan fingerprint density at radius 1 is 1.29 bits per heavy atom. The molecule has 1 aromatic rings. The zero-order chi connectivity index (χ0) is 19.5. The number of guanidine groups is 1. The van der Waals surface area contributed by atoms with Crippen molar-refractivity contribution in [2.75, 3.05) is 52.3 Å². The van der Waals surface area contributed by atoms with E-state index in [1.165, 1.54) is 25.9 Å². The van der Waals surface area contributed by atoms with Crippen LogP contribution in [0.5, 0.6) is 5.75 Å². The topological polar surface area (TPSA) is 58.1 Å². The second-order valence-electron chi connectivity index (χ2n) is 7.37. The van der Waals surface area contributed by atoms with E-state index in [4.69, 9.17) is 9.47 Å². The Morgan fingerprint density at radius 3 is 2.71 bits per heavy atom. The highest BCUT2D eigenvalue weighted by Gasteiger charge is 2.20. The summed E-state index contributed by atoms with van der Waals surface area (Å²) in [6.45, 7) is 9.25. The number of methoxy groups -OCH3 is 1. The van der Waals surface area contributed by atoms with E-state index in [-0.39, 0.29) is 24.0 Å². The van der Waals surface area contributed by atoms with Crippen molar-refractivity contribution in [1.29, 1.82) is 0 Å². The molecule has 0 amide bonds. The second kappa shape index (κ2) is 14.0. The van der Waals surface area contributed by atoms with E-state index >= 15 is 0 Å². The molecule has 2 rings (SSSR count). The van der Waals surface area contributed by atoms with Crippen LogP contribution in [-0.2, 0) is 4.74 Å². The van der Waals surface area contributed by atoms with E-state index in [2.05, 4.69) is 34.4 Å². The first-order valence-electron chi connectivity index (χ1n) is 10.1. The number of likely N-dealkylation sites (tertiary alicyclic amines) is 1. The first-order valence-corrected chi connectivity index (χ1v) is 10.1. The predicted octanol–water partition coefficient (Wildman–Crippen LogP) is 3.83. The van der Waals surface area contributed by atoms with Gasteiger partial charge in [-0.05, 0) is 50.9 Å². The molecule has 6 nitrogen and oxygen atoms in total. The molecule has 28 heavy (non-hydrogen) atoms. The number of nitrogens with one attached hydrogen (secondary N) is 2. The van der Waals surface area contributed by atoms with E-state index in [0.29, 0.717) is 19.3 Å². The van der Waals surface area contributed by atoms with Gasteiger partial charge in [-0.1, -0.05) is 13.0 Å². The van der Waals surface area contributed by atoms with Gasteiger partial charge >= 0.3 is 0 Å². The van der Waals surface area contributed by atoms with Gasteiger partial charge in [-0.25, -0.2) is 0 Å². The quantitative estimate of drug-likeness (QED) is 0.232. The SMILES string of the molecule is CN=C(NCC(C)N1CCC(C)CC1)Nc1cccc(OCCCOC)c1.I. The normalized spacial score (nSPS) is 16.9. The Labute approximate surface area is 187 Å². The highest BCUT2D eigenvalue weighted by Crippen LogP contribution is 2.19. The van der Waals surface area contributed by atoms with Crippen molar-refractivity contribution in [3.8, 4) is 5.75 Å². The summed E-state index contributed by atoms with van der Waals surface area (Å²) in [5, 5.41) is 6.80. The largest absolute Gasteiger partial charge is 0.493 e. The average Bonchev–Trinajstić information content (AvgIpc) is 2.69. The number of halogens is 1. The molecule has 0 aromatic heterocycles. The standard InChI is InChI=1S/C21H36N4O2.HI/c1-17-9-11-25(12-10-17)18(2)16-23-21(22-3)24-19-7-5-8-20(15-19)27-14-6-13-26-4;/h5,7-8,15,17-18H,6,9-14,16H2,1-4H3,(H2,22,23,24);1H. The van der Waals surface area contributed by atoms with Crippen molar-refractivity contribution >= 4 is 35.6 Å². The molecule has 1 atom stereocenters. The van der Waals surface area contributed by atoms with Crippen LogP contribution in [-0.4, -0.2) is 63.9 Å². The molecule has 1 aliphatic heterocycles. The lowest BCUT2D eigenvalue weighted by Gasteiger charge is -2.35. The third-order valence-electron chi connectivity index (χ3n) is 5.09. The first-order chi connectivity index (χ1) is 13.1. The van der Waals surface area contributed by atoms with Gasteiger partial charge in [0.1, 0.15) is 5.75 Å². The fourth-order valence-electron chi connectivity index (χ4n) is 3.22. The summed E-state index contributed by atoms with van der Waals surface area (Å²) in [5.41, 5.74) is 0.965. The van der Waals surface area contributed by atoms with Gasteiger partial charge in [0.05, 0.1) is 6.61 Å². The van der Waals surface area contributed by atoms with Gasteiger partial charge in [0.25, 0.3) is 0 Å². The summed E-state index contributed by atoms with van der Waals surface area (Å²) in [5.74, 6) is 2.49. The van der Waals surface area contributed by atoms with Crippen LogP contribution in [0.3, 0.4) is 0 Å². The number of ether oxygens (including phenoxy) is 2. The van der Waals surface area contributed by atoms with Crippen molar-refractivity contribution in [3.05, 3.63) is 24.3 Å². The van der Waals surface area contributed by atoms with Crippen molar-refractivity contribution in [3.63, 3.8) is 0 Å². The fraction of sp³-hybridized carbons (Fsp3) is 0.667. The summed E-state index contributed by atoms with van der Waals surface area (Å²) in [7, 11) is 3.50. The van der Waals surface area contributed by atoms with E-state index in [1.54, 1.807) is 14.2 Å². The molecular formula is C21H37IN4O2. The third-order valence-corrected chi connectivity index (χ3v) is 5.09. The van der Waals surface area contributed by atoms with Crippen LogP contribution in [0.25, 0.3) is 0 Å². The molecule has 0 bridgehead atoms. The monoisotopic (exact) mass is 504 g/mol. The zero-order valence-electron chi connectivity index (χ0n) is 17.7. The lowest BCUT2D eigenvalue weighted by atomic mass is 9.98. The molecular weight excluding hydrogens is 467 g/mol. The minimum absolute atomic E-state index is 0. The first kappa shape index (κ1) is 25.0. The molecule has 0 radical (unpaired) electrons. The molecule has 1 aliphatic rings. The Kier molecular flexibility index (Phi) is 12.5. The number of piperidine rings is 1.